The Kier molecular flexibility index (Phi) is 6.70. The Morgan fingerprint density at radius 2 is 2.16 bits per heavy atom. The van der Waals surface area contributed by atoms with Gasteiger partial charge in [0.25, 0.3) is 8.53 Å². The molecule has 0 saturated carbocycles. The molecule has 1 aromatic heterocycles. The summed E-state index contributed by atoms with van der Waals surface area (Å²) < 4.78 is 23.9. The van der Waals surface area contributed by atoms with Crippen LogP contribution in [0.4, 0.5) is 5.82 Å². The number of aromatic nitrogens is 2. The van der Waals surface area contributed by atoms with Crippen LogP contribution in [0.25, 0.3) is 0 Å². The van der Waals surface area contributed by atoms with Gasteiger partial charge in [0.2, 0.25) is 5.91 Å². The van der Waals surface area contributed by atoms with Crippen molar-refractivity contribution in [3.05, 3.63) is 58.1 Å². The fourth-order valence-electron chi connectivity index (χ4n) is 6.24. The molecule has 1 N–H and O–H groups in total. The van der Waals surface area contributed by atoms with Crippen LogP contribution < -0.4 is 11.0 Å². The lowest BCUT2D eigenvalue weighted by Crippen LogP contribution is -2.37. The van der Waals surface area contributed by atoms with Crippen LogP contribution >= 0.6 is 8.53 Å². The number of amides is 1. The van der Waals surface area contributed by atoms with Crippen LogP contribution in [0, 0.1) is 5.92 Å². The summed E-state index contributed by atoms with van der Waals surface area (Å²) in [6.07, 6.45) is 6.48. The molecule has 4 unspecified atom stereocenters. The van der Waals surface area contributed by atoms with Gasteiger partial charge in [0.1, 0.15) is 17.6 Å². The predicted molar refractivity (Wildman–Crippen MR) is 140 cm³/mol. The minimum atomic E-state index is -1.23. The first-order valence-corrected chi connectivity index (χ1v) is 14.6. The monoisotopic (exact) mass is 526 g/mol. The van der Waals surface area contributed by atoms with Crippen LogP contribution in [0.5, 0.6) is 0 Å². The molecule has 198 valence electrons. The van der Waals surface area contributed by atoms with Crippen molar-refractivity contribution in [2.75, 3.05) is 11.9 Å². The van der Waals surface area contributed by atoms with E-state index in [2.05, 4.69) is 46.2 Å². The van der Waals surface area contributed by atoms with Crippen molar-refractivity contribution in [1.82, 2.24) is 14.2 Å². The van der Waals surface area contributed by atoms with Crippen LogP contribution in [-0.2, 0) is 30.6 Å². The average Bonchev–Trinajstić information content (AvgIpc) is 3.65. The molecule has 4 aliphatic rings. The number of anilines is 1. The number of carbonyl (C=O) groups excluding carboxylic acids is 1. The standard InChI is InChI=1S/C27H35N4O5P/c1-4-20-21(16-24(34-20)30-15-12-23(29-26(30)33)28-25(32)17(2)3)35-37-31-14-7-10-22(31)27(36-37)13-11-18-8-5-6-9-19(18)27/h5-6,8-9,12,15,17,20-22,24H,4,7,10-11,13-14,16H2,1-3H3,(H,28,29,32,33)/t20?,21?,22-,24?,27-,37?/m0/s1. The molecule has 2 aromatic rings. The first-order chi connectivity index (χ1) is 17.9. The molecule has 3 fully saturated rings. The van der Waals surface area contributed by atoms with Gasteiger partial charge in [0, 0.05) is 25.1 Å². The van der Waals surface area contributed by atoms with Gasteiger partial charge in [-0.3, -0.25) is 9.36 Å². The summed E-state index contributed by atoms with van der Waals surface area (Å²) in [6, 6.07) is 10.7. The number of ether oxygens (including phenoxy) is 1. The van der Waals surface area contributed by atoms with Crippen molar-refractivity contribution in [2.45, 2.75) is 89.4 Å². The first kappa shape index (κ1) is 25.1. The second-order valence-corrected chi connectivity index (χ2v) is 12.1. The molecule has 6 rings (SSSR count). The fraction of sp³-hybridized carbons (Fsp3) is 0.593. The minimum Gasteiger partial charge on any atom is -0.352 e. The van der Waals surface area contributed by atoms with E-state index >= 15 is 0 Å². The van der Waals surface area contributed by atoms with E-state index < -0.39 is 20.4 Å². The number of nitrogens with zero attached hydrogens (tertiary/aromatic N) is 3. The van der Waals surface area contributed by atoms with Crippen molar-refractivity contribution >= 4 is 20.3 Å². The lowest BCUT2D eigenvalue weighted by atomic mass is 9.87. The summed E-state index contributed by atoms with van der Waals surface area (Å²) in [6.45, 7) is 6.65. The molecule has 1 aliphatic carbocycles. The third kappa shape index (κ3) is 4.35. The zero-order valence-electron chi connectivity index (χ0n) is 21.6. The molecule has 1 spiro atoms. The van der Waals surface area contributed by atoms with Crippen LogP contribution in [0.15, 0.2) is 41.3 Å². The largest absolute Gasteiger partial charge is 0.352 e. The topological polar surface area (TPSA) is 94.9 Å². The van der Waals surface area contributed by atoms with Crippen LogP contribution in [0.2, 0.25) is 0 Å². The van der Waals surface area contributed by atoms with E-state index in [9.17, 15) is 9.59 Å². The number of nitrogens with one attached hydrogen (secondary N) is 1. The molecular weight excluding hydrogens is 491 g/mol. The smallest absolute Gasteiger partial charge is 0.351 e. The summed E-state index contributed by atoms with van der Waals surface area (Å²) in [4.78, 5) is 28.8. The van der Waals surface area contributed by atoms with E-state index in [4.69, 9.17) is 13.8 Å². The van der Waals surface area contributed by atoms with Gasteiger partial charge in [-0.15, -0.1) is 0 Å². The SMILES string of the molecule is CCC1OC(n2ccc(NC(=O)C(C)C)nc2=O)CC1OP1O[C@]2(CCc3ccccc32)[C@@H]2CCCN21. The first-order valence-electron chi connectivity index (χ1n) is 13.5. The lowest BCUT2D eigenvalue weighted by molar-refractivity contribution is -0.118. The molecule has 6 atom stereocenters. The van der Waals surface area contributed by atoms with Crippen molar-refractivity contribution < 1.29 is 18.6 Å². The predicted octanol–water partition coefficient (Wildman–Crippen LogP) is 4.48. The van der Waals surface area contributed by atoms with Gasteiger partial charge >= 0.3 is 5.69 Å². The number of hydrogen-bond acceptors (Lipinski definition) is 7. The summed E-state index contributed by atoms with van der Waals surface area (Å²) in [5, 5.41) is 2.68. The molecule has 1 amide bonds. The van der Waals surface area contributed by atoms with Crippen molar-refractivity contribution in [1.29, 1.82) is 0 Å². The van der Waals surface area contributed by atoms with Gasteiger partial charge in [-0.25, -0.2) is 9.46 Å². The Labute approximate surface area is 218 Å². The van der Waals surface area contributed by atoms with Gasteiger partial charge in [0.15, 0.2) is 0 Å². The second kappa shape index (κ2) is 9.86. The van der Waals surface area contributed by atoms with E-state index in [-0.39, 0.29) is 35.5 Å². The number of hydrogen-bond donors (Lipinski definition) is 1. The quantitative estimate of drug-likeness (QED) is 0.555. The zero-order valence-corrected chi connectivity index (χ0v) is 22.5. The zero-order chi connectivity index (χ0) is 25.7. The highest BCUT2D eigenvalue weighted by Gasteiger charge is 2.60. The molecular formula is C27H35N4O5P. The fourth-order valence-corrected chi connectivity index (χ4v) is 8.38. The van der Waals surface area contributed by atoms with E-state index in [1.165, 1.54) is 15.7 Å². The molecule has 1 aromatic carbocycles. The average molecular weight is 527 g/mol. The third-order valence-electron chi connectivity index (χ3n) is 8.18. The van der Waals surface area contributed by atoms with E-state index in [1.54, 1.807) is 26.1 Å². The van der Waals surface area contributed by atoms with Crippen molar-refractivity contribution in [2.24, 2.45) is 5.92 Å². The summed E-state index contributed by atoms with van der Waals surface area (Å²) in [7, 11) is -1.23. The number of aryl methyl sites for hydroxylation is 1. The van der Waals surface area contributed by atoms with Crippen LogP contribution in [-0.4, -0.2) is 44.9 Å². The number of carbonyl (C=O) groups is 1. The van der Waals surface area contributed by atoms with Crippen LogP contribution in [0.1, 0.15) is 70.2 Å². The highest BCUT2D eigenvalue weighted by atomic mass is 31.2. The molecule has 37 heavy (non-hydrogen) atoms. The molecule has 10 heteroatoms. The van der Waals surface area contributed by atoms with Gasteiger partial charge in [-0.2, -0.15) is 4.98 Å². The van der Waals surface area contributed by atoms with Crippen LogP contribution in [0.3, 0.4) is 0 Å². The Morgan fingerprint density at radius 1 is 1.32 bits per heavy atom. The van der Waals surface area contributed by atoms with E-state index in [1.807, 2.05) is 0 Å². The summed E-state index contributed by atoms with van der Waals surface area (Å²) >= 11 is 0. The summed E-state index contributed by atoms with van der Waals surface area (Å²) in [5.41, 5.74) is 1.99. The second-order valence-electron chi connectivity index (χ2n) is 10.8. The summed E-state index contributed by atoms with van der Waals surface area (Å²) in [5.74, 6) is -0.122. The maximum Gasteiger partial charge on any atom is 0.351 e. The molecule has 3 aliphatic heterocycles. The Morgan fingerprint density at radius 3 is 2.95 bits per heavy atom. The molecule has 9 nitrogen and oxygen atoms in total. The van der Waals surface area contributed by atoms with Crippen molar-refractivity contribution in [3.8, 4) is 0 Å². The Balaban J connectivity index is 1.19. The van der Waals surface area contributed by atoms with Gasteiger partial charge < -0.3 is 19.1 Å². The molecule has 0 radical (unpaired) electrons. The lowest BCUT2D eigenvalue weighted by Gasteiger charge is -2.29. The van der Waals surface area contributed by atoms with Crippen molar-refractivity contribution in [3.63, 3.8) is 0 Å². The highest BCUT2D eigenvalue weighted by Crippen LogP contribution is 2.67. The molecule has 4 heterocycles. The molecule has 0 bridgehead atoms. The van der Waals surface area contributed by atoms with Gasteiger partial charge in [0.05, 0.1) is 18.2 Å². The van der Waals surface area contributed by atoms with Gasteiger partial charge in [-0.1, -0.05) is 45.0 Å². The number of benzene rings is 1. The molecule has 3 saturated heterocycles. The maximum absolute atomic E-state index is 12.8. The Hall–Kier alpha value is -2.16. The number of fused-ring (bicyclic) bond motifs is 4. The van der Waals surface area contributed by atoms with Gasteiger partial charge in [-0.05, 0) is 49.3 Å². The van der Waals surface area contributed by atoms with E-state index in [0.29, 0.717) is 12.5 Å². The minimum absolute atomic E-state index is 0.142. The normalized spacial score (nSPS) is 32.8. The Bertz CT molecular complexity index is 1240. The number of rotatable bonds is 6. The maximum atomic E-state index is 12.8. The van der Waals surface area contributed by atoms with E-state index in [0.717, 1.165) is 38.6 Å². The highest BCUT2D eigenvalue weighted by molar-refractivity contribution is 7.45. The third-order valence-corrected chi connectivity index (χ3v) is 10.0.